The van der Waals surface area contributed by atoms with Crippen LogP contribution in [0.4, 0.5) is 0 Å². The van der Waals surface area contributed by atoms with Gasteiger partial charge in [-0.15, -0.1) is 0 Å². The van der Waals surface area contributed by atoms with Crippen LogP contribution >= 0.6 is 0 Å². The van der Waals surface area contributed by atoms with Crippen molar-refractivity contribution in [3.8, 4) is 0 Å². The van der Waals surface area contributed by atoms with Crippen molar-refractivity contribution < 1.29 is 9.59 Å². The van der Waals surface area contributed by atoms with E-state index in [1.54, 1.807) is 6.92 Å². The van der Waals surface area contributed by atoms with Crippen molar-refractivity contribution in [3.05, 3.63) is 0 Å². The first kappa shape index (κ1) is 12.1. The van der Waals surface area contributed by atoms with Gasteiger partial charge in [0, 0.05) is 12.3 Å². The number of rotatable bonds is 4. The molecule has 0 aliphatic rings. The van der Waals surface area contributed by atoms with E-state index >= 15 is 0 Å². The summed E-state index contributed by atoms with van der Waals surface area (Å²) < 4.78 is 0. The van der Waals surface area contributed by atoms with Gasteiger partial charge in [0.05, 0.1) is 0 Å². The van der Waals surface area contributed by atoms with E-state index in [1.807, 2.05) is 0 Å². The van der Waals surface area contributed by atoms with Crippen molar-refractivity contribution in [2.45, 2.75) is 19.8 Å². The molecular formula is C6H11NaO2. The SMILES string of the molecule is C[C@H](C=O)CCC=O.[NaH]. The van der Waals surface area contributed by atoms with E-state index in [-0.39, 0.29) is 35.5 Å². The molecule has 1 atom stereocenters. The second-order valence-electron chi connectivity index (χ2n) is 1.86. The summed E-state index contributed by atoms with van der Waals surface area (Å²) in [5, 5.41) is 0. The van der Waals surface area contributed by atoms with Crippen molar-refractivity contribution in [1.29, 1.82) is 0 Å². The summed E-state index contributed by atoms with van der Waals surface area (Å²) in [5.41, 5.74) is 0. The van der Waals surface area contributed by atoms with E-state index in [1.165, 1.54) is 0 Å². The first-order chi connectivity index (χ1) is 3.81. The molecule has 0 rings (SSSR count). The molecule has 0 aliphatic carbocycles. The average Bonchev–Trinajstić information content (AvgIpc) is 1.83. The molecule has 48 valence electrons. The number of carbonyl (C=O) groups is 2. The zero-order valence-electron chi connectivity index (χ0n) is 4.96. The van der Waals surface area contributed by atoms with Crippen molar-refractivity contribution >= 4 is 42.1 Å². The molecule has 9 heavy (non-hydrogen) atoms. The van der Waals surface area contributed by atoms with Crippen LogP contribution in [0.2, 0.25) is 0 Å². The van der Waals surface area contributed by atoms with Gasteiger partial charge in [0.2, 0.25) is 0 Å². The quantitative estimate of drug-likeness (QED) is 0.409. The molecule has 2 nitrogen and oxygen atoms in total. The Hall–Kier alpha value is 0.340. The zero-order valence-corrected chi connectivity index (χ0v) is 4.96. The molecule has 0 saturated heterocycles. The Bertz CT molecular complexity index is 83.1. The van der Waals surface area contributed by atoms with E-state index in [9.17, 15) is 9.59 Å². The first-order valence-electron chi connectivity index (χ1n) is 2.70. The van der Waals surface area contributed by atoms with Crippen molar-refractivity contribution in [3.63, 3.8) is 0 Å². The second kappa shape index (κ2) is 8.34. The molecule has 0 aromatic carbocycles. The van der Waals surface area contributed by atoms with Gasteiger partial charge in [-0.3, -0.25) is 0 Å². The van der Waals surface area contributed by atoms with E-state index in [4.69, 9.17) is 0 Å². The number of hydrogen-bond donors (Lipinski definition) is 0. The minimum absolute atomic E-state index is 0. The van der Waals surface area contributed by atoms with Gasteiger partial charge in [-0.1, -0.05) is 6.92 Å². The van der Waals surface area contributed by atoms with Crippen LogP contribution in [0.5, 0.6) is 0 Å². The summed E-state index contributed by atoms with van der Waals surface area (Å²) in [6.07, 6.45) is 2.89. The summed E-state index contributed by atoms with van der Waals surface area (Å²) in [7, 11) is 0. The standard InChI is InChI=1S/C6H10O2.Na.H/c1-6(5-8)3-2-4-7;;/h4-6H,2-3H2,1H3;;/t6-;;/m0../s1. The molecule has 0 heterocycles. The fourth-order valence-corrected chi connectivity index (χ4v) is 0.399. The Morgan fingerprint density at radius 1 is 1.44 bits per heavy atom. The van der Waals surface area contributed by atoms with Gasteiger partial charge >= 0.3 is 29.6 Å². The Kier molecular flexibility index (Phi) is 11.2. The third kappa shape index (κ3) is 8.34. The van der Waals surface area contributed by atoms with Crippen LogP contribution in [-0.2, 0) is 9.59 Å². The number of hydrogen-bond acceptors (Lipinski definition) is 2. The van der Waals surface area contributed by atoms with E-state index in [0.717, 1.165) is 12.6 Å². The molecule has 0 saturated carbocycles. The maximum atomic E-state index is 9.89. The average molecular weight is 138 g/mol. The fraction of sp³-hybridized carbons (Fsp3) is 0.667. The predicted molar refractivity (Wildman–Crippen MR) is 37.7 cm³/mol. The summed E-state index contributed by atoms with van der Waals surface area (Å²) in [6, 6.07) is 0. The molecule has 0 aliphatic heterocycles. The van der Waals surface area contributed by atoms with Crippen LogP contribution < -0.4 is 0 Å². The van der Waals surface area contributed by atoms with Gasteiger partial charge < -0.3 is 9.59 Å². The van der Waals surface area contributed by atoms with Crippen LogP contribution in [-0.4, -0.2) is 42.1 Å². The van der Waals surface area contributed by atoms with E-state index in [0.29, 0.717) is 12.8 Å². The zero-order chi connectivity index (χ0) is 6.41. The second-order valence-corrected chi connectivity index (χ2v) is 1.86. The number of aldehydes is 2. The monoisotopic (exact) mass is 138 g/mol. The first-order valence-corrected chi connectivity index (χ1v) is 2.70. The molecule has 0 aromatic heterocycles. The van der Waals surface area contributed by atoms with Gasteiger partial charge in [0.1, 0.15) is 12.6 Å². The van der Waals surface area contributed by atoms with Gasteiger partial charge in [-0.2, -0.15) is 0 Å². The van der Waals surface area contributed by atoms with Crippen molar-refractivity contribution in [2.75, 3.05) is 0 Å². The summed E-state index contributed by atoms with van der Waals surface area (Å²) in [6.45, 7) is 1.80. The van der Waals surface area contributed by atoms with Gasteiger partial charge in [0.15, 0.2) is 0 Å². The van der Waals surface area contributed by atoms with Gasteiger partial charge in [-0.25, -0.2) is 0 Å². The van der Waals surface area contributed by atoms with Gasteiger partial charge in [0.25, 0.3) is 0 Å². The third-order valence-electron chi connectivity index (χ3n) is 0.972. The third-order valence-corrected chi connectivity index (χ3v) is 0.972. The normalized spacial score (nSPS) is 11.2. The van der Waals surface area contributed by atoms with Gasteiger partial charge in [-0.05, 0) is 6.42 Å². The molecule has 0 aromatic rings. The Balaban J connectivity index is 0. The Labute approximate surface area is 77.3 Å². The Morgan fingerprint density at radius 3 is 2.33 bits per heavy atom. The molecule has 0 spiro atoms. The maximum absolute atomic E-state index is 9.89. The summed E-state index contributed by atoms with van der Waals surface area (Å²) in [5.74, 6) is 0.0419. The molecule has 0 fully saturated rings. The topological polar surface area (TPSA) is 34.1 Å². The van der Waals surface area contributed by atoms with E-state index < -0.39 is 0 Å². The molecule has 0 bridgehead atoms. The summed E-state index contributed by atoms with van der Waals surface area (Å²) in [4.78, 5) is 19.6. The van der Waals surface area contributed by atoms with Crippen LogP contribution in [0.1, 0.15) is 19.8 Å². The minimum atomic E-state index is 0. The fourth-order valence-electron chi connectivity index (χ4n) is 0.399. The van der Waals surface area contributed by atoms with Crippen LogP contribution in [0.15, 0.2) is 0 Å². The van der Waals surface area contributed by atoms with Crippen LogP contribution in [0, 0.1) is 5.92 Å². The van der Waals surface area contributed by atoms with Crippen LogP contribution in [0.25, 0.3) is 0 Å². The van der Waals surface area contributed by atoms with E-state index in [2.05, 4.69) is 0 Å². The van der Waals surface area contributed by atoms with Crippen molar-refractivity contribution in [1.82, 2.24) is 0 Å². The Morgan fingerprint density at radius 2 is 2.00 bits per heavy atom. The molecular weight excluding hydrogens is 127 g/mol. The molecule has 0 N–H and O–H groups in total. The molecule has 0 unspecified atom stereocenters. The molecule has 0 radical (unpaired) electrons. The predicted octanol–water partition coefficient (Wildman–Crippen LogP) is 0.152. The van der Waals surface area contributed by atoms with Crippen LogP contribution in [0.3, 0.4) is 0 Å². The molecule has 0 amide bonds. The molecule has 3 heteroatoms. The van der Waals surface area contributed by atoms with Crippen molar-refractivity contribution in [2.24, 2.45) is 5.92 Å². The summed E-state index contributed by atoms with van der Waals surface area (Å²) >= 11 is 0. The number of carbonyl (C=O) groups excluding carboxylic acids is 2.